The van der Waals surface area contributed by atoms with Crippen LogP contribution in [0.5, 0.6) is 0 Å². The Kier molecular flexibility index (Phi) is 4.44. The number of nitrogens with zero attached hydrogens (tertiary/aromatic N) is 3. The largest absolute Gasteiger partial charge is 0.340 e. The van der Waals surface area contributed by atoms with Gasteiger partial charge in [-0.05, 0) is 19.9 Å². The fraction of sp³-hybridized carbons (Fsp3) is 0.909. The van der Waals surface area contributed by atoms with Gasteiger partial charge in [0, 0.05) is 45.2 Å². The summed E-state index contributed by atoms with van der Waals surface area (Å²) < 4.78 is 31.9. The molecule has 1 amide bonds. The summed E-state index contributed by atoms with van der Waals surface area (Å²) in [7, 11) is -2.07. The molecule has 2 heterocycles. The molecule has 2 fully saturated rings. The standard InChI is InChI=1S/C11H21N3O4S/c1-12-6-8-13(9-7-12)11(15)10-2-4-14(5-3-10)19(16,17)18/h10H,2-9H2,1H3,(H,16,17,18). The van der Waals surface area contributed by atoms with E-state index in [1.54, 1.807) is 0 Å². The molecular formula is C11H21N3O4S. The number of piperazine rings is 1. The predicted molar refractivity (Wildman–Crippen MR) is 69.9 cm³/mol. The molecule has 0 aromatic heterocycles. The molecule has 0 atom stereocenters. The summed E-state index contributed by atoms with van der Waals surface area (Å²) in [6.07, 6.45) is 0.982. The lowest BCUT2D eigenvalue weighted by atomic mass is 9.96. The van der Waals surface area contributed by atoms with Gasteiger partial charge in [0.2, 0.25) is 5.91 Å². The van der Waals surface area contributed by atoms with Gasteiger partial charge in [-0.15, -0.1) is 0 Å². The molecular weight excluding hydrogens is 270 g/mol. The van der Waals surface area contributed by atoms with Gasteiger partial charge in [0.05, 0.1) is 0 Å². The first-order chi connectivity index (χ1) is 8.88. The van der Waals surface area contributed by atoms with E-state index >= 15 is 0 Å². The third-order valence-corrected chi connectivity index (χ3v) is 4.96. The third kappa shape index (κ3) is 3.65. The third-order valence-electron chi connectivity index (χ3n) is 3.94. The molecule has 0 spiro atoms. The van der Waals surface area contributed by atoms with E-state index in [9.17, 15) is 13.2 Å². The van der Waals surface area contributed by atoms with Crippen molar-refractivity contribution in [3.05, 3.63) is 0 Å². The molecule has 0 aromatic carbocycles. The highest BCUT2D eigenvalue weighted by Gasteiger charge is 2.32. The molecule has 2 rings (SSSR count). The molecule has 1 N–H and O–H groups in total. The minimum Gasteiger partial charge on any atom is -0.340 e. The first-order valence-electron chi connectivity index (χ1n) is 6.58. The molecule has 8 heteroatoms. The lowest BCUT2D eigenvalue weighted by Gasteiger charge is -2.36. The lowest BCUT2D eigenvalue weighted by Crippen LogP contribution is -2.50. The lowest BCUT2D eigenvalue weighted by molar-refractivity contribution is -0.138. The van der Waals surface area contributed by atoms with Crippen LogP contribution in [0.1, 0.15) is 12.8 Å². The number of amides is 1. The fourth-order valence-electron chi connectivity index (χ4n) is 2.62. The summed E-state index contributed by atoms with van der Waals surface area (Å²) in [5.41, 5.74) is 0. The van der Waals surface area contributed by atoms with Gasteiger partial charge in [-0.2, -0.15) is 12.7 Å². The Morgan fingerprint density at radius 3 is 2.05 bits per heavy atom. The molecule has 2 saturated heterocycles. The average Bonchev–Trinajstić information content (AvgIpc) is 2.38. The summed E-state index contributed by atoms with van der Waals surface area (Å²) >= 11 is 0. The van der Waals surface area contributed by atoms with Crippen LogP contribution in [0.3, 0.4) is 0 Å². The number of carbonyl (C=O) groups is 1. The van der Waals surface area contributed by atoms with E-state index in [4.69, 9.17) is 4.55 Å². The van der Waals surface area contributed by atoms with Gasteiger partial charge in [-0.1, -0.05) is 0 Å². The van der Waals surface area contributed by atoms with Crippen LogP contribution in [0.15, 0.2) is 0 Å². The number of likely N-dealkylation sites (N-methyl/N-ethyl adjacent to an activating group) is 1. The molecule has 0 radical (unpaired) electrons. The normalized spacial score (nSPS) is 24.6. The predicted octanol–water partition coefficient (Wildman–Crippen LogP) is -0.725. The minimum absolute atomic E-state index is 0.110. The molecule has 2 aliphatic rings. The van der Waals surface area contributed by atoms with Crippen molar-refractivity contribution in [3.63, 3.8) is 0 Å². The van der Waals surface area contributed by atoms with E-state index in [1.807, 2.05) is 11.9 Å². The van der Waals surface area contributed by atoms with E-state index in [0.717, 1.165) is 30.5 Å². The highest BCUT2D eigenvalue weighted by atomic mass is 32.2. The number of rotatable bonds is 2. The zero-order valence-electron chi connectivity index (χ0n) is 11.2. The highest BCUT2D eigenvalue weighted by Crippen LogP contribution is 2.21. The van der Waals surface area contributed by atoms with Crippen molar-refractivity contribution >= 4 is 16.2 Å². The minimum atomic E-state index is -4.11. The fourth-order valence-corrected chi connectivity index (χ4v) is 3.29. The molecule has 7 nitrogen and oxygen atoms in total. The monoisotopic (exact) mass is 291 g/mol. The highest BCUT2D eigenvalue weighted by molar-refractivity contribution is 7.83. The molecule has 0 unspecified atom stereocenters. The van der Waals surface area contributed by atoms with Crippen LogP contribution < -0.4 is 0 Å². The second kappa shape index (κ2) is 5.74. The summed E-state index contributed by atoms with van der Waals surface area (Å²) in [6, 6.07) is 0. The maximum Gasteiger partial charge on any atom is 0.335 e. The Morgan fingerprint density at radius 2 is 1.58 bits per heavy atom. The van der Waals surface area contributed by atoms with Crippen molar-refractivity contribution in [1.29, 1.82) is 0 Å². The van der Waals surface area contributed by atoms with Crippen molar-refractivity contribution in [2.24, 2.45) is 5.92 Å². The summed E-state index contributed by atoms with van der Waals surface area (Å²) in [5, 5.41) is 0. The van der Waals surface area contributed by atoms with Crippen LogP contribution >= 0.6 is 0 Å². The quantitative estimate of drug-likeness (QED) is 0.679. The number of hydrogen-bond acceptors (Lipinski definition) is 4. The molecule has 0 aromatic rings. The van der Waals surface area contributed by atoms with E-state index in [0.29, 0.717) is 12.8 Å². The van der Waals surface area contributed by atoms with E-state index in [1.165, 1.54) is 0 Å². The smallest absolute Gasteiger partial charge is 0.335 e. The van der Waals surface area contributed by atoms with Gasteiger partial charge in [-0.3, -0.25) is 9.35 Å². The SMILES string of the molecule is CN1CCN(C(=O)C2CCN(S(=O)(=O)O)CC2)CC1. The summed E-state index contributed by atoms with van der Waals surface area (Å²) in [5.74, 6) is 0.0180. The van der Waals surface area contributed by atoms with Crippen LogP contribution in [-0.4, -0.2) is 79.3 Å². The molecule has 19 heavy (non-hydrogen) atoms. The summed E-state index contributed by atoms with van der Waals surface area (Å²) in [4.78, 5) is 16.3. The van der Waals surface area contributed by atoms with Crippen molar-refractivity contribution < 1.29 is 17.8 Å². The Hall–Kier alpha value is -0.700. The average molecular weight is 291 g/mol. The molecule has 2 aliphatic heterocycles. The first kappa shape index (κ1) is 14.7. The van der Waals surface area contributed by atoms with Gasteiger partial charge in [0.25, 0.3) is 0 Å². The molecule has 0 bridgehead atoms. The van der Waals surface area contributed by atoms with Crippen LogP contribution in [0.4, 0.5) is 0 Å². The Balaban J connectivity index is 1.86. The number of hydrogen-bond donors (Lipinski definition) is 1. The first-order valence-corrected chi connectivity index (χ1v) is 7.97. The van der Waals surface area contributed by atoms with Gasteiger partial charge in [-0.25, -0.2) is 0 Å². The number of piperidine rings is 1. The Labute approximate surface area is 114 Å². The van der Waals surface area contributed by atoms with Gasteiger partial charge in [0.15, 0.2) is 0 Å². The van der Waals surface area contributed by atoms with Crippen molar-refractivity contribution in [2.45, 2.75) is 12.8 Å². The Bertz CT molecular complexity index is 423. The number of carbonyl (C=O) groups excluding carboxylic acids is 1. The molecule has 0 saturated carbocycles. The van der Waals surface area contributed by atoms with Crippen LogP contribution in [0.25, 0.3) is 0 Å². The van der Waals surface area contributed by atoms with Gasteiger partial charge in [0.1, 0.15) is 0 Å². The van der Waals surface area contributed by atoms with Crippen LogP contribution in [0.2, 0.25) is 0 Å². The molecule has 0 aliphatic carbocycles. The zero-order chi connectivity index (χ0) is 14.0. The van der Waals surface area contributed by atoms with Crippen molar-refractivity contribution in [1.82, 2.24) is 14.1 Å². The van der Waals surface area contributed by atoms with Crippen molar-refractivity contribution in [2.75, 3.05) is 46.3 Å². The van der Waals surface area contributed by atoms with Gasteiger partial charge >= 0.3 is 10.3 Å². The molecule has 110 valence electrons. The zero-order valence-corrected chi connectivity index (χ0v) is 12.0. The Morgan fingerprint density at radius 1 is 1.05 bits per heavy atom. The van der Waals surface area contributed by atoms with Crippen LogP contribution in [-0.2, 0) is 15.1 Å². The summed E-state index contributed by atoms with van der Waals surface area (Å²) in [6.45, 7) is 3.71. The van der Waals surface area contributed by atoms with Crippen LogP contribution in [0, 0.1) is 5.92 Å². The topological polar surface area (TPSA) is 81.2 Å². The van der Waals surface area contributed by atoms with Crippen molar-refractivity contribution in [3.8, 4) is 0 Å². The second-order valence-corrected chi connectivity index (χ2v) is 6.69. The van der Waals surface area contributed by atoms with E-state index in [-0.39, 0.29) is 24.9 Å². The maximum absolute atomic E-state index is 12.3. The maximum atomic E-state index is 12.3. The van der Waals surface area contributed by atoms with Gasteiger partial charge < -0.3 is 9.80 Å². The second-order valence-electron chi connectivity index (χ2n) is 5.28. The van der Waals surface area contributed by atoms with E-state index < -0.39 is 10.3 Å². The van der Waals surface area contributed by atoms with E-state index in [2.05, 4.69) is 4.90 Å².